The number of benzene rings is 2. The van der Waals surface area contributed by atoms with E-state index < -0.39 is 5.41 Å². The van der Waals surface area contributed by atoms with Gasteiger partial charge in [-0.2, -0.15) is 0 Å². The molecule has 0 radical (unpaired) electrons. The van der Waals surface area contributed by atoms with Crippen molar-refractivity contribution < 1.29 is 14.3 Å². The maximum absolute atomic E-state index is 13.1. The summed E-state index contributed by atoms with van der Waals surface area (Å²) in [7, 11) is 3.38. The molecule has 1 saturated heterocycles. The maximum atomic E-state index is 13.1. The maximum Gasteiger partial charge on any atom is 0.228 e. The Morgan fingerprint density at radius 3 is 2.47 bits per heavy atom. The molecule has 2 amide bonds. The van der Waals surface area contributed by atoms with E-state index in [-0.39, 0.29) is 17.7 Å². The Bertz CT molecular complexity index is 1030. The van der Waals surface area contributed by atoms with Crippen molar-refractivity contribution in [3.8, 4) is 16.9 Å². The number of nitrogens with zero attached hydrogens (tertiary/aromatic N) is 1. The quantitative estimate of drug-likeness (QED) is 0.749. The van der Waals surface area contributed by atoms with Gasteiger partial charge in [-0.05, 0) is 54.7 Å². The van der Waals surface area contributed by atoms with Gasteiger partial charge in [0.2, 0.25) is 11.8 Å². The van der Waals surface area contributed by atoms with E-state index in [1.54, 1.807) is 14.2 Å². The summed E-state index contributed by atoms with van der Waals surface area (Å²) in [5, 5.41) is 2.87. The molecule has 5 heteroatoms. The number of ether oxygens (including phenoxy) is 1. The standard InChI is InChI=1S/C27H32N2O3/c1-28-25(31)27(14-15-29(18-27)24(30)22-17-26(22)12-5-13-26)16-19-8-10-20(11-9-19)21-6-3-4-7-23(21)32-2/h3-4,6-11,22H,5,12-18H2,1-2H3,(H,28,31)/t22-,27-/m1/s1. The van der Waals surface area contributed by atoms with E-state index >= 15 is 0 Å². The Hall–Kier alpha value is -2.82. The predicted molar refractivity (Wildman–Crippen MR) is 124 cm³/mol. The summed E-state index contributed by atoms with van der Waals surface area (Å²) < 4.78 is 5.49. The van der Waals surface area contributed by atoms with Gasteiger partial charge in [-0.25, -0.2) is 0 Å². The monoisotopic (exact) mass is 432 g/mol. The lowest BCUT2D eigenvalue weighted by Crippen LogP contribution is -2.44. The minimum absolute atomic E-state index is 0.0377. The van der Waals surface area contributed by atoms with Crippen molar-refractivity contribution in [1.29, 1.82) is 0 Å². The fraction of sp³-hybridized carbons (Fsp3) is 0.481. The third-order valence-electron chi connectivity index (χ3n) is 8.13. The van der Waals surface area contributed by atoms with Crippen LogP contribution >= 0.6 is 0 Å². The van der Waals surface area contributed by atoms with Crippen LogP contribution in [0, 0.1) is 16.7 Å². The second-order valence-electron chi connectivity index (χ2n) is 9.92. The second-order valence-corrected chi connectivity index (χ2v) is 9.92. The van der Waals surface area contributed by atoms with Crippen LogP contribution in [0.3, 0.4) is 0 Å². The van der Waals surface area contributed by atoms with Crippen molar-refractivity contribution in [3.05, 3.63) is 54.1 Å². The van der Waals surface area contributed by atoms with Crippen LogP contribution in [0.15, 0.2) is 48.5 Å². The zero-order valence-corrected chi connectivity index (χ0v) is 19.0. The van der Waals surface area contributed by atoms with E-state index in [2.05, 4.69) is 29.6 Å². The highest BCUT2D eigenvalue weighted by atomic mass is 16.5. The van der Waals surface area contributed by atoms with Gasteiger partial charge in [0.15, 0.2) is 0 Å². The molecular weight excluding hydrogens is 400 g/mol. The fourth-order valence-corrected chi connectivity index (χ4v) is 5.91. The molecule has 2 atom stereocenters. The van der Waals surface area contributed by atoms with Crippen molar-refractivity contribution in [2.24, 2.45) is 16.7 Å². The molecule has 2 saturated carbocycles. The summed E-state index contributed by atoms with van der Waals surface area (Å²) in [6.45, 7) is 1.20. The Morgan fingerprint density at radius 2 is 1.84 bits per heavy atom. The Balaban J connectivity index is 1.32. The van der Waals surface area contributed by atoms with Crippen LogP contribution < -0.4 is 10.1 Å². The molecule has 1 spiro atoms. The third-order valence-corrected chi connectivity index (χ3v) is 8.13. The summed E-state index contributed by atoms with van der Waals surface area (Å²) in [6, 6.07) is 16.4. The van der Waals surface area contributed by atoms with Gasteiger partial charge in [0.05, 0.1) is 12.5 Å². The molecule has 1 heterocycles. The highest BCUT2D eigenvalue weighted by molar-refractivity contribution is 5.87. The van der Waals surface area contributed by atoms with E-state index in [0.29, 0.717) is 31.3 Å². The van der Waals surface area contributed by atoms with Gasteiger partial charge in [0, 0.05) is 31.6 Å². The van der Waals surface area contributed by atoms with E-state index in [4.69, 9.17) is 4.74 Å². The number of likely N-dealkylation sites (tertiary alicyclic amines) is 1. The number of amides is 2. The Labute approximate surface area is 190 Å². The summed E-state index contributed by atoms with van der Waals surface area (Å²) in [4.78, 5) is 28.1. The summed E-state index contributed by atoms with van der Waals surface area (Å²) in [5.74, 6) is 1.37. The lowest BCUT2D eigenvalue weighted by Gasteiger charge is -2.30. The number of methoxy groups -OCH3 is 1. The molecule has 2 aromatic rings. The van der Waals surface area contributed by atoms with Crippen LogP contribution in [0.2, 0.25) is 0 Å². The lowest BCUT2D eigenvalue weighted by molar-refractivity contribution is -0.134. The summed E-state index contributed by atoms with van der Waals surface area (Å²) >= 11 is 0. The molecule has 2 aliphatic carbocycles. The van der Waals surface area contributed by atoms with Crippen LogP contribution in [0.4, 0.5) is 0 Å². The first kappa shape index (κ1) is 21.0. The van der Waals surface area contributed by atoms with E-state index in [0.717, 1.165) is 28.9 Å². The van der Waals surface area contributed by atoms with Crippen LogP contribution in [0.5, 0.6) is 5.75 Å². The highest BCUT2D eigenvalue weighted by Gasteiger charge is 2.62. The molecule has 5 rings (SSSR count). The average Bonchev–Trinajstić information content (AvgIpc) is 3.45. The molecule has 1 aliphatic heterocycles. The molecule has 5 nitrogen and oxygen atoms in total. The minimum Gasteiger partial charge on any atom is -0.496 e. The fourth-order valence-electron chi connectivity index (χ4n) is 5.91. The predicted octanol–water partition coefficient (Wildman–Crippen LogP) is 4.06. The molecular formula is C27H32N2O3. The van der Waals surface area contributed by atoms with Crippen molar-refractivity contribution in [1.82, 2.24) is 10.2 Å². The summed E-state index contributed by atoms with van der Waals surface area (Å²) in [6.07, 6.45) is 6.08. The first-order valence-corrected chi connectivity index (χ1v) is 11.7. The van der Waals surface area contributed by atoms with Gasteiger partial charge in [0.25, 0.3) is 0 Å². The molecule has 0 bridgehead atoms. The smallest absolute Gasteiger partial charge is 0.228 e. The number of hydrogen-bond donors (Lipinski definition) is 1. The minimum atomic E-state index is -0.558. The second kappa shape index (κ2) is 7.95. The van der Waals surface area contributed by atoms with Gasteiger partial charge >= 0.3 is 0 Å². The lowest BCUT2D eigenvalue weighted by atomic mass is 9.79. The number of carbonyl (C=O) groups excluding carboxylic acids is 2. The molecule has 0 unspecified atom stereocenters. The number of nitrogens with one attached hydrogen (secondary N) is 1. The number of hydrogen-bond acceptors (Lipinski definition) is 3. The summed E-state index contributed by atoms with van der Waals surface area (Å²) in [5.41, 5.74) is 3.02. The SMILES string of the molecule is CNC(=O)[C@@]1(Cc2ccc(-c3ccccc3OC)cc2)CCN(C(=O)[C@H]2CC23CCC3)C1. The number of carbonyl (C=O) groups is 2. The van der Waals surface area contributed by atoms with Gasteiger partial charge in [0.1, 0.15) is 5.75 Å². The molecule has 0 aromatic heterocycles. The van der Waals surface area contributed by atoms with Crippen LogP contribution in [0.25, 0.3) is 11.1 Å². The molecule has 1 N–H and O–H groups in total. The van der Waals surface area contributed by atoms with E-state index in [1.165, 1.54) is 19.3 Å². The van der Waals surface area contributed by atoms with Crippen molar-refractivity contribution in [3.63, 3.8) is 0 Å². The highest BCUT2D eigenvalue weighted by Crippen LogP contribution is 2.66. The van der Waals surface area contributed by atoms with Crippen molar-refractivity contribution in [2.75, 3.05) is 27.2 Å². The molecule has 32 heavy (non-hydrogen) atoms. The van der Waals surface area contributed by atoms with Crippen LogP contribution in [-0.2, 0) is 16.0 Å². The first-order valence-electron chi connectivity index (χ1n) is 11.7. The van der Waals surface area contributed by atoms with Crippen LogP contribution in [-0.4, -0.2) is 44.0 Å². The average molecular weight is 433 g/mol. The van der Waals surface area contributed by atoms with Gasteiger partial charge in [-0.3, -0.25) is 9.59 Å². The molecule has 168 valence electrons. The number of rotatable bonds is 6. The van der Waals surface area contributed by atoms with Crippen molar-refractivity contribution in [2.45, 2.75) is 38.5 Å². The zero-order valence-electron chi connectivity index (χ0n) is 19.0. The number of para-hydroxylation sites is 1. The largest absolute Gasteiger partial charge is 0.496 e. The Kier molecular flexibility index (Phi) is 5.23. The normalized spacial score (nSPS) is 25.3. The van der Waals surface area contributed by atoms with Crippen LogP contribution in [0.1, 0.15) is 37.7 Å². The molecule has 2 aromatic carbocycles. The first-order chi connectivity index (χ1) is 15.5. The Morgan fingerprint density at radius 1 is 1.09 bits per heavy atom. The molecule has 3 aliphatic rings. The molecule has 3 fully saturated rings. The van der Waals surface area contributed by atoms with Gasteiger partial charge < -0.3 is 15.0 Å². The third kappa shape index (κ3) is 3.48. The van der Waals surface area contributed by atoms with E-state index in [9.17, 15) is 9.59 Å². The van der Waals surface area contributed by atoms with Gasteiger partial charge in [-0.1, -0.05) is 48.9 Å². The zero-order chi connectivity index (χ0) is 22.3. The van der Waals surface area contributed by atoms with Crippen molar-refractivity contribution >= 4 is 11.8 Å². The van der Waals surface area contributed by atoms with Gasteiger partial charge in [-0.15, -0.1) is 0 Å². The topological polar surface area (TPSA) is 58.6 Å². The van der Waals surface area contributed by atoms with E-state index in [1.807, 2.05) is 29.2 Å².